The SMILES string of the molecule is C=CCOC(=O)N[C@@H](C(=O)N[C@H](C)C(=O)Cc1ccc(COC(=O)N2c3cc(OCCCCCOc4cc5c(cc4C)CN4C=C(C)C[C@H]4[C@H](O)N5C(=O)OCc4ccc(CC(=O)[C@@H](C)NC(=O)[C@@H](CC(=O)CCOCCOC)C(C)C)cc4)c(OC)cc3C(=O)N3C=C(C)C[C@H]3[C@@H]2O)cc1)C(C)C. The van der Waals surface area contributed by atoms with Gasteiger partial charge >= 0.3 is 18.3 Å². The lowest BCUT2D eigenvalue weighted by Gasteiger charge is -2.32. The van der Waals surface area contributed by atoms with Crippen molar-refractivity contribution in [1.29, 1.82) is 0 Å². The average molecular weight is 1440 g/mol. The number of aryl methyl sites for hydroxylation is 1. The van der Waals surface area contributed by atoms with Gasteiger partial charge in [-0.05, 0) is 130 Å². The van der Waals surface area contributed by atoms with E-state index in [9.17, 15) is 53.4 Å². The second-order valence-electron chi connectivity index (χ2n) is 27.7. The molecule has 0 saturated carbocycles. The van der Waals surface area contributed by atoms with E-state index in [1.807, 2.05) is 51.8 Å². The van der Waals surface area contributed by atoms with E-state index in [0.717, 1.165) is 27.2 Å². The predicted molar refractivity (Wildman–Crippen MR) is 386 cm³/mol. The van der Waals surface area contributed by atoms with Crippen LogP contribution >= 0.6 is 0 Å². The molecule has 0 spiro atoms. The second-order valence-corrected chi connectivity index (χ2v) is 27.7. The Morgan fingerprint density at radius 3 is 1.73 bits per heavy atom. The Morgan fingerprint density at radius 2 is 1.15 bits per heavy atom. The number of nitrogens with zero attached hydrogens (tertiary/aromatic N) is 4. The maximum atomic E-state index is 14.3. The number of Topliss-reactive ketones (excluding diaryl/α,β-unsaturated/α-hetero) is 3. The quantitative estimate of drug-likeness (QED) is 0.0161. The van der Waals surface area contributed by atoms with Gasteiger partial charge in [0.25, 0.3) is 5.91 Å². The van der Waals surface area contributed by atoms with E-state index in [4.69, 9.17) is 37.9 Å². The molecule has 8 atom stereocenters. The maximum Gasteiger partial charge on any atom is 0.416 e. The average Bonchev–Trinajstić information content (AvgIpc) is 1.59. The summed E-state index contributed by atoms with van der Waals surface area (Å²) in [6.45, 7) is 21.2. The first-order chi connectivity index (χ1) is 49.7. The molecule has 4 aromatic carbocycles. The van der Waals surface area contributed by atoms with Gasteiger partial charge in [0.2, 0.25) is 11.8 Å². The number of aliphatic hydroxyl groups is 2. The van der Waals surface area contributed by atoms with Gasteiger partial charge in [-0.1, -0.05) is 100 Å². The van der Waals surface area contributed by atoms with Crippen LogP contribution in [0, 0.1) is 24.7 Å². The fourth-order valence-corrected chi connectivity index (χ4v) is 12.8. The molecule has 562 valence electrons. The number of rotatable bonds is 36. The van der Waals surface area contributed by atoms with Gasteiger partial charge in [0.05, 0.1) is 81.2 Å². The summed E-state index contributed by atoms with van der Waals surface area (Å²) in [7, 11) is 3.00. The largest absolute Gasteiger partial charge is 0.493 e. The number of nitrogens with one attached hydrogen (secondary N) is 3. The van der Waals surface area contributed by atoms with Crippen LogP contribution in [0.2, 0.25) is 0 Å². The second kappa shape index (κ2) is 37.7. The molecule has 0 aliphatic carbocycles. The Morgan fingerprint density at radius 1 is 0.606 bits per heavy atom. The number of methoxy groups -OCH3 is 2. The fourth-order valence-electron chi connectivity index (χ4n) is 12.8. The van der Waals surface area contributed by atoms with E-state index >= 15 is 0 Å². The Labute approximate surface area is 608 Å². The van der Waals surface area contributed by atoms with Crippen LogP contribution in [0.4, 0.5) is 25.8 Å². The third-order valence-electron chi connectivity index (χ3n) is 18.8. The number of hydrogen-bond donors (Lipinski definition) is 5. The number of alkyl carbamates (subject to hydrolysis) is 1. The molecule has 5 N–H and O–H groups in total. The van der Waals surface area contributed by atoms with E-state index in [1.54, 1.807) is 95.6 Å². The summed E-state index contributed by atoms with van der Waals surface area (Å²) < 4.78 is 45.6. The summed E-state index contributed by atoms with van der Waals surface area (Å²) in [5.41, 5.74) is 6.55. The van der Waals surface area contributed by atoms with Crippen molar-refractivity contribution < 1.29 is 91.3 Å². The van der Waals surface area contributed by atoms with Gasteiger partial charge in [-0.25, -0.2) is 24.2 Å². The fraction of sp³-hybridized carbons (Fsp3) is 0.500. The normalized spacial score (nSPS) is 17.9. The topological polar surface area (TPSA) is 317 Å². The Bertz CT molecular complexity index is 3800. The first-order valence-corrected chi connectivity index (χ1v) is 35.5. The lowest BCUT2D eigenvalue weighted by Crippen LogP contribution is -2.53. The van der Waals surface area contributed by atoms with Crippen LogP contribution in [-0.2, 0) is 80.3 Å². The number of amides is 6. The van der Waals surface area contributed by atoms with Crippen molar-refractivity contribution in [3.63, 3.8) is 0 Å². The number of anilines is 2. The molecule has 26 heteroatoms. The molecular formula is C78H101N7O19. The monoisotopic (exact) mass is 1440 g/mol. The molecule has 0 unspecified atom stereocenters. The van der Waals surface area contributed by atoms with Gasteiger partial charge in [-0.3, -0.25) is 28.8 Å². The minimum atomic E-state index is -1.54. The van der Waals surface area contributed by atoms with E-state index in [1.165, 1.54) is 35.1 Å². The number of fused-ring (bicyclic) bond motifs is 4. The van der Waals surface area contributed by atoms with Crippen molar-refractivity contribution in [2.75, 3.05) is 63.7 Å². The number of benzene rings is 4. The summed E-state index contributed by atoms with van der Waals surface area (Å²) in [5, 5.41) is 32.1. The lowest BCUT2D eigenvalue weighted by atomic mass is 9.88. The van der Waals surface area contributed by atoms with Gasteiger partial charge in [0.1, 0.15) is 37.4 Å². The molecular weight excluding hydrogens is 1340 g/mol. The zero-order valence-electron chi connectivity index (χ0n) is 61.5. The van der Waals surface area contributed by atoms with E-state index in [-0.39, 0.29) is 123 Å². The first kappa shape index (κ1) is 80.1. The number of aliphatic hydroxyl groups excluding tert-OH is 2. The lowest BCUT2D eigenvalue weighted by molar-refractivity contribution is -0.133. The van der Waals surface area contributed by atoms with Crippen LogP contribution in [0.1, 0.15) is 144 Å². The first-order valence-electron chi connectivity index (χ1n) is 35.5. The summed E-state index contributed by atoms with van der Waals surface area (Å²) in [5.74, 6) is -2.09. The summed E-state index contributed by atoms with van der Waals surface area (Å²) >= 11 is 0. The molecule has 8 rings (SSSR count). The smallest absolute Gasteiger partial charge is 0.416 e. The van der Waals surface area contributed by atoms with Gasteiger partial charge in [0, 0.05) is 63.6 Å². The molecule has 4 heterocycles. The molecule has 6 amide bonds. The third kappa shape index (κ3) is 21.1. The Balaban J connectivity index is 0.850. The van der Waals surface area contributed by atoms with Crippen molar-refractivity contribution in [3.8, 4) is 17.2 Å². The minimum Gasteiger partial charge on any atom is -0.493 e. The van der Waals surface area contributed by atoms with Crippen LogP contribution in [0.5, 0.6) is 17.2 Å². The summed E-state index contributed by atoms with van der Waals surface area (Å²) in [6.07, 6.45) is 2.54. The van der Waals surface area contributed by atoms with Crippen LogP contribution in [-0.4, -0.2) is 170 Å². The molecule has 4 aliphatic rings. The summed E-state index contributed by atoms with van der Waals surface area (Å²) in [6, 6.07) is 16.6. The zero-order valence-corrected chi connectivity index (χ0v) is 61.5. The number of ether oxygens (including phenoxy) is 8. The number of hydrogen-bond acceptors (Lipinski definition) is 20. The number of carbonyl (C=O) groups is 9. The molecule has 0 bridgehead atoms. The van der Waals surface area contributed by atoms with Crippen LogP contribution in [0.25, 0.3) is 0 Å². The van der Waals surface area contributed by atoms with Crippen molar-refractivity contribution in [1.82, 2.24) is 25.8 Å². The number of ketones is 3. The molecule has 0 aromatic heterocycles. The molecule has 0 radical (unpaired) electrons. The highest BCUT2D eigenvalue weighted by Gasteiger charge is 2.46. The van der Waals surface area contributed by atoms with Gasteiger partial charge < -0.3 is 73.9 Å². The molecule has 4 aromatic rings. The highest BCUT2D eigenvalue weighted by molar-refractivity contribution is 6.06. The molecule has 26 nitrogen and oxygen atoms in total. The zero-order chi connectivity index (χ0) is 75.5. The van der Waals surface area contributed by atoms with E-state index in [0.29, 0.717) is 85.7 Å². The van der Waals surface area contributed by atoms with Crippen molar-refractivity contribution >= 4 is 64.7 Å². The minimum absolute atomic E-state index is 0.0282. The van der Waals surface area contributed by atoms with Crippen molar-refractivity contribution in [2.45, 2.75) is 183 Å². The molecule has 0 fully saturated rings. The Kier molecular flexibility index (Phi) is 29.0. The third-order valence-corrected chi connectivity index (χ3v) is 18.8. The number of carbonyl (C=O) groups excluding carboxylic acids is 9. The Hall–Kier alpha value is -9.63. The van der Waals surface area contributed by atoms with Crippen LogP contribution in [0.3, 0.4) is 0 Å². The molecule has 104 heavy (non-hydrogen) atoms. The maximum absolute atomic E-state index is 14.3. The van der Waals surface area contributed by atoms with Gasteiger partial charge in [-0.2, -0.15) is 0 Å². The van der Waals surface area contributed by atoms with Crippen LogP contribution < -0.4 is 40.0 Å². The van der Waals surface area contributed by atoms with E-state index in [2.05, 4.69) is 22.5 Å². The summed E-state index contributed by atoms with van der Waals surface area (Å²) in [4.78, 5) is 127. The van der Waals surface area contributed by atoms with Crippen molar-refractivity contribution in [2.24, 2.45) is 17.8 Å². The highest BCUT2D eigenvalue weighted by atomic mass is 16.6. The van der Waals surface area contributed by atoms with E-state index < -0.39 is 78.7 Å². The van der Waals surface area contributed by atoms with Gasteiger partial charge in [0.15, 0.2) is 35.5 Å². The van der Waals surface area contributed by atoms with Gasteiger partial charge in [-0.15, -0.1) is 0 Å². The molecule has 0 saturated heterocycles. The standard InChI is InChI=1S/C78H101N7O19/c1-13-26-102-76(94)81-70(47(4)5)72(90)80-52(10)66(88)36-54-19-23-56(24-20-54)45-104-78(96)85-62-40-69(68(98-12)38-60(62)73(91)83-42-49(7)33-64(83)75(85)93)101-28-16-14-15-27-100-67-39-61-57(34-50(67)8)43-82-41-48(6)32-63(82)74(92)84(61)77(95)103-44-55-21-17-53(18-22-55)35-65(87)51(9)79-71(89)59(46(2)3)37-58(86)25-29-99-31-30-97-11/h13,17-24,34,38-42,46-47,51-52,59,63-64,70,74-75,92-93H,1,14-16,25-33,35-37,43-45H2,2-12H3,(H,79,89)(H,80,90)(H,81,94)/t51-,52-,59+,63+,64+,70-,74+,75+/m1/s1. The van der Waals surface area contributed by atoms with Crippen molar-refractivity contribution in [3.05, 3.63) is 148 Å². The molecule has 4 aliphatic heterocycles. The predicted octanol–water partition coefficient (Wildman–Crippen LogP) is 9.63. The highest BCUT2D eigenvalue weighted by Crippen LogP contribution is 2.43. The van der Waals surface area contributed by atoms with Crippen LogP contribution in [0.15, 0.2) is 109 Å². The number of unbranched alkanes of at least 4 members (excludes halogenated alkanes) is 2.